The summed E-state index contributed by atoms with van der Waals surface area (Å²) >= 11 is 0. The third kappa shape index (κ3) is 2.85. The van der Waals surface area contributed by atoms with Crippen LogP contribution in [0, 0.1) is 0 Å². The third-order valence-electron chi connectivity index (χ3n) is 4.20. The minimum atomic E-state index is -1.76. The standard InChI is InChI=1S/C15H25NO7/c1-9(2)15(18)11(19-6)10(22-12(17)16-5)7-20-14(15)8-21-13(3,4)23-14/h10-11,18H,1,7-8H2,2-6H3,(H,16,17)/t10-,11-,14+,15-/m1/s1. The first kappa shape index (κ1) is 18.2. The Hall–Kier alpha value is -1.19. The first-order chi connectivity index (χ1) is 10.6. The zero-order valence-corrected chi connectivity index (χ0v) is 14.2. The molecule has 0 aliphatic carbocycles. The second-order valence-corrected chi connectivity index (χ2v) is 6.25. The molecule has 2 heterocycles. The summed E-state index contributed by atoms with van der Waals surface area (Å²) in [6.07, 6.45) is -2.41. The van der Waals surface area contributed by atoms with Crippen molar-refractivity contribution in [2.75, 3.05) is 27.4 Å². The van der Waals surface area contributed by atoms with Crippen molar-refractivity contribution >= 4 is 6.09 Å². The highest BCUT2D eigenvalue weighted by molar-refractivity contribution is 5.67. The number of amides is 1. The molecule has 2 saturated heterocycles. The predicted octanol–water partition coefficient (Wildman–Crippen LogP) is 0.543. The molecule has 2 fully saturated rings. The van der Waals surface area contributed by atoms with Gasteiger partial charge >= 0.3 is 6.09 Å². The van der Waals surface area contributed by atoms with Gasteiger partial charge in [0, 0.05) is 14.2 Å². The molecule has 0 radical (unpaired) electrons. The van der Waals surface area contributed by atoms with Gasteiger partial charge in [0.25, 0.3) is 0 Å². The van der Waals surface area contributed by atoms with Crippen LogP contribution in [0.3, 0.4) is 0 Å². The van der Waals surface area contributed by atoms with Crippen LogP contribution >= 0.6 is 0 Å². The van der Waals surface area contributed by atoms with Crippen LogP contribution in [0.5, 0.6) is 0 Å². The number of ether oxygens (including phenoxy) is 5. The summed E-state index contributed by atoms with van der Waals surface area (Å²) in [7, 11) is 2.86. The molecule has 1 amide bonds. The van der Waals surface area contributed by atoms with Crippen LogP contribution in [-0.2, 0) is 23.7 Å². The average molecular weight is 331 g/mol. The fourth-order valence-corrected chi connectivity index (χ4v) is 3.07. The lowest BCUT2D eigenvalue weighted by atomic mass is 9.77. The minimum absolute atomic E-state index is 0.00405. The Morgan fingerprint density at radius 3 is 2.48 bits per heavy atom. The van der Waals surface area contributed by atoms with Gasteiger partial charge in [0.15, 0.2) is 17.5 Å². The van der Waals surface area contributed by atoms with E-state index in [0.29, 0.717) is 5.57 Å². The van der Waals surface area contributed by atoms with Crippen molar-refractivity contribution in [1.82, 2.24) is 5.32 Å². The molecule has 4 atom stereocenters. The van der Waals surface area contributed by atoms with Crippen molar-refractivity contribution in [2.24, 2.45) is 0 Å². The Morgan fingerprint density at radius 2 is 2.04 bits per heavy atom. The summed E-state index contributed by atoms with van der Waals surface area (Å²) in [5, 5.41) is 13.7. The Morgan fingerprint density at radius 1 is 1.39 bits per heavy atom. The number of hydrogen-bond acceptors (Lipinski definition) is 7. The molecule has 0 aromatic heterocycles. The molecule has 0 unspecified atom stereocenters. The average Bonchev–Trinajstić information content (AvgIpc) is 2.80. The van der Waals surface area contributed by atoms with Gasteiger partial charge in [-0.1, -0.05) is 6.58 Å². The second-order valence-electron chi connectivity index (χ2n) is 6.25. The van der Waals surface area contributed by atoms with E-state index in [1.807, 2.05) is 0 Å². The highest BCUT2D eigenvalue weighted by Crippen LogP contribution is 2.48. The smallest absolute Gasteiger partial charge is 0.407 e. The van der Waals surface area contributed by atoms with Crippen LogP contribution in [0.4, 0.5) is 4.79 Å². The predicted molar refractivity (Wildman–Crippen MR) is 79.7 cm³/mol. The summed E-state index contributed by atoms with van der Waals surface area (Å²) in [6, 6.07) is 0. The fourth-order valence-electron chi connectivity index (χ4n) is 3.07. The zero-order chi connectivity index (χ0) is 17.5. The van der Waals surface area contributed by atoms with E-state index in [4.69, 9.17) is 23.7 Å². The van der Waals surface area contributed by atoms with E-state index in [0.717, 1.165) is 0 Å². The Labute approximate surface area is 135 Å². The molecule has 0 bridgehead atoms. The first-order valence-corrected chi connectivity index (χ1v) is 7.39. The maximum atomic E-state index is 11.5. The van der Waals surface area contributed by atoms with Gasteiger partial charge in [-0.2, -0.15) is 0 Å². The highest BCUT2D eigenvalue weighted by atomic mass is 16.8. The van der Waals surface area contributed by atoms with Crippen molar-refractivity contribution < 1.29 is 33.6 Å². The summed E-state index contributed by atoms with van der Waals surface area (Å²) in [4.78, 5) is 11.5. The molecule has 0 aromatic carbocycles. The van der Waals surface area contributed by atoms with E-state index in [1.165, 1.54) is 14.2 Å². The molecule has 2 rings (SSSR count). The van der Waals surface area contributed by atoms with Gasteiger partial charge in [-0.25, -0.2) is 4.79 Å². The Kier molecular flexibility index (Phi) is 4.76. The van der Waals surface area contributed by atoms with E-state index in [9.17, 15) is 9.90 Å². The summed E-state index contributed by atoms with van der Waals surface area (Å²) < 4.78 is 27.9. The van der Waals surface area contributed by atoms with Crippen LogP contribution in [0.15, 0.2) is 12.2 Å². The number of carbonyl (C=O) groups is 1. The van der Waals surface area contributed by atoms with Crippen molar-refractivity contribution in [2.45, 2.75) is 50.2 Å². The van der Waals surface area contributed by atoms with Crippen LogP contribution in [0.1, 0.15) is 20.8 Å². The fraction of sp³-hybridized carbons (Fsp3) is 0.800. The number of nitrogens with one attached hydrogen (secondary N) is 1. The maximum Gasteiger partial charge on any atom is 0.407 e. The lowest BCUT2D eigenvalue weighted by Gasteiger charge is -2.52. The van der Waals surface area contributed by atoms with E-state index in [1.54, 1.807) is 20.8 Å². The topological polar surface area (TPSA) is 95.5 Å². The molecule has 2 aliphatic rings. The van der Waals surface area contributed by atoms with Crippen LogP contribution in [0.2, 0.25) is 0 Å². The van der Waals surface area contributed by atoms with Crippen molar-refractivity contribution in [1.29, 1.82) is 0 Å². The SMILES string of the molecule is C=C(C)[C@@]1(O)[C@H](OC)[C@H](OC(=O)NC)CO[C@]12COC(C)(C)O2. The molecular weight excluding hydrogens is 306 g/mol. The van der Waals surface area contributed by atoms with Crippen molar-refractivity contribution in [3.05, 3.63) is 12.2 Å². The number of hydrogen-bond donors (Lipinski definition) is 2. The summed E-state index contributed by atoms with van der Waals surface area (Å²) in [5.41, 5.74) is -1.40. The molecule has 1 spiro atoms. The minimum Gasteiger partial charge on any atom is -0.441 e. The molecule has 0 aromatic rings. The molecular formula is C15H25NO7. The molecule has 8 heteroatoms. The Bertz CT molecular complexity index is 494. The quantitative estimate of drug-likeness (QED) is 0.729. The van der Waals surface area contributed by atoms with Crippen LogP contribution in [0.25, 0.3) is 0 Å². The van der Waals surface area contributed by atoms with Gasteiger partial charge in [0.2, 0.25) is 5.79 Å². The van der Waals surface area contributed by atoms with E-state index < -0.39 is 35.5 Å². The van der Waals surface area contributed by atoms with Crippen molar-refractivity contribution in [3.63, 3.8) is 0 Å². The zero-order valence-electron chi connectivity index (χ0n) is 14.2. The molecule has 2 aliphatic heterocycles. The number of methoxy groups -OCH3 is 1. The van der Waals surface area contributed by atoms with Gasteiger partial charge in [-0.05, 0) is 26.3 Å². The highest BCUT2D eigenvalue weighted by Gasteiger charge is 2.68. The first-order valence-electron chi connectivity index (χ1n) is 7.39. The number of rotatable bonds is 3. The lowest BCUT2D eigenvalue weighted by molar-refractivity contribution is -0.367. The molecule has 2 N–H and O–H groups in total. The maximum absolute atomic E-state index is 11.5. The molecule has 8 nitrogen and oxygen atoms in total. The van der Waals surface area contributed by atoms with Gasteiger partial charge in [-0.3, -0.25) is 0 Å². The van der Waals surface area contributed by atoms with Crippen molar-refractivity contribution in [3.8, 4) is 0 Å². The summed E-state index contributed by atoms with van der Waals surface area (Å²) in [5.74, 6) is -2.41. The largest absolute Gasteiger partial charge is 0.441 e. The monoisotopic (exact) mass is 331 g/mol. The van der Waals surface area contributed by atoms with E-state index in [2.05, 4.69) is 11.9 Å². The Balaban J connectivity index is 2.39. The van der Waals surface area contributed by atoms with Gasteiger partial charge in [-0.15, -0.1) is 0 Å². The normalized spacial score (nSPS) is 39.2. The third-order valence-corrected chi connectivity index (χ3v) is 4.20. The molecule has 0 saturated carbocycles. The second kappa shape index (κ2) is 6.03. The number of carbonyl (C=O) groups excluding carboxylic acids is 1. The van der Waals surface area contributed by atoms with E-state index in [-0.39, 0.29) is 13.2 Å². The molecule has 132 valence electrons. The molecule has 23 heavy (non-hydrogen) atoms. The van der Waals surface area contributed by atoms with Crippen LogP contribution < -0.4 is 5.32 Å². The lowest BCUT2D eigenvalue weighted by Crippen LogP contribution is -2.72. The van der Waals surface area contributed by atoms with E-state index >= 15 is 0 Å². The number of alkyl carbamates (subject to hydrolysis) is 1. The summed E-state index contributed by atoms with van der Waals surface area (Å²) in [6.45, 7) is 8.91. The number of aliphatic hydroxyl groups is 1. The van der Waals surface area contributed by atoms with Crippen LogP contribution in [-0.4, -0.2) is 68.0 Å². The van der Waals surface area contributed by atoms with Gasteiger partial charge in [0.05, 0.1) is 6.61 Å². The van der Waals surface area contributed by atoms with Gasteiger partial charge < -0.3 is 34.1 Å². The van der Waals surface area contributed by atoms with Gasteiger partial charge in [0.1, 0.15) is 12.7 Å².